The maximum atomic E-state index is 14.0. The standard InChI is InChI=1S/C20H23FN2O4/c1-26-13-27-19-8-5-15(11-17(19)21)22-20(25)12-23-9-3-2-4-14-10-16(24)6-7-18(14)23/h5-8,10-11,24H,2-4,9,12-13H2,1H3,(H,22,25). The number of hydrogen-bond donors (Lipinski definition) is 2. The van der Waals surface area contributed by atoms with Crippen molar-refractivity contribution in [3.05, 3.63) is 47.8 Å². The lowest BCUT2D eigenvalue weighted by atomic mass is 10.1. The summed E-state index contributed by atoms with van der Waals surface area (Å²) >= 11 is 0. The highest BCUT2D eigenvalue weighted by Gasteiger charge is 2.18. The number of carbonyl (C=O) groups is 1. The van der Waals surface area contributed by atoms with Gasteiger partial charge >= 0.3 is 0 Å². The van der Waals surface area contributed by atoms with Gasteiger partial charge in [0.15, 0.2) is 18.4 Å². The molecule has 1 heterocycles. The number of nitrogens with one attached hydrogen (secondary N) is 1. The molecule has 0 saturated heterocycles. The molecule has 0 bridgehead atoms. The van der Waals surface area contributed by atoms with E-state index in [0.717, 1.165) is 37.1 Å². The van der Waals surface area contributed by atoms with Crippen LogP contribution in [-0.4, -0.2) is 38.0 Å². The highest BCUT2D eigenvalue weighted by molar-refractivity contribution is 5.94. The topological polar surface area (TPSA) is 71.0 Å². The number of methoxy groups -OCH3 is 1. The average molecular weight is 374 g/mol. The highest BCUT2D eigenvalue weighted by Crippen LogP contribution is 2.29. The molecule has 1 aliphatic heterocycles. The maximum Gasteiger partial charge on any atom is 0.243 e. The Morgan fingerprint density at radius 2 is 2.11 bits per heavy atom. The van der Waals surface area contributed by atoms with E-state index in [1.807, 2.05) is 11.0 Å². The van der Waals surface area contributed by atoms with Crippen LogP contribution < -0.4 is 15.0 Å². The first-order valence-corrected chi connectivity index (χ1v) is 8.85. The molecule has 1 aliphatic rings. The Bertz CT molecular complexity index is 813. The van der Waals surface area contributed by atoms with Crippen molar-refractivity contribution in [2.24, 2.45) is 0 Å². The Balaban J connectivity index is 1.67. The molecule has 0 radical (unpaired) electrons. The van der Waals surface area contributed by atoms with Crippen LogP contribution in [-0.2, 0) is 16.0 Å². The van der Waals surface area contributed by atoms with Gasteiger partial charge in [-0.15, -0.1) is 0 Å². The molecular weight excluding hydrogens is 351 g/mol. The third kappa shape index (κ3) is 4.89. The van der Waals surface area contributed by atoms with Gasteiger partial charge in [0.1, 0.15) is 5.75 Å². The second-order valence-corrected chi connectivity index (χ2v) is 6.44. The molecule has 0 atom stereocenters. The van der Waals surface area contributed by atoms with Crippen LogP contribution in [0.25, 0.3) is 0 Å². The molecular formula is C20H23FN2O4. The van der Waals surface area contributed by atoms with Gasteiger partial charge in [-0.1, -0.05) is 0 Å². The number of aromatic hydroxyl groups is 1. The molecule has 2 aromatic rings. The van der Waals surface area contributed by atoms with Gasteiger partial charge in [0.05, 0.1) is 6.54 Å². The fourth-order valence-electron chi connectivity index (χ4n) is 3.18. The van der Waals surface area contributed by atoms with E-state index in [2.05, 4.69) is 5.32 Å². The predicted octanol–water partition coefficient (Wildman–Crippen LogP) is 3.30. The molecule has 144 valence electrons. The molecule has 3 rings (SSSR count). The van der Waals surface area contributed by atoms with Crippen molar-refractivity contribution in [1.29, 1.82) is 0 Å². The zero-order valence-corrected chi connectivity index (χ0v) is 15.2. The van der Waals surface area contributed by atoms with E-state index in [9.17, 15) is 14.3 Å². The molecule has 0 saturated carbocycles. The van der Waals surface area contributed by atoms with E-state index >= 15 is 0 Å². The Morgan fingerprint density at radius 1 is 1.26 bits per heavy atom. The van der Waals surface area contributed by atoms with E-state index in [0.29, 0.717) is 5.69 Å². The molecule has 2 N–H and O–H groups in total. The number of aryl methyl sites for hydroxylation is 1. The summed E-state index contributed by atoms with van der Waals surface area (Å²) in [6, 6.07) is 9.47. The van der Waals surface area contributed by atoms with Gasteiger partial charge in [-0.3, -0.25) is 4.79 Å². The summed E-state index contributed by atoms with van der Waals surface area (Å²) in [4.78, 5) is 14.5. The number of fused-ring (bicyclic) bond motifs is 1. The number of anilines is 2. The van der Waals surface area contributed by atoms with Crippen molar-refractivity contribution in [2.75, 3.05) is 37.2 Å². The highest BCUT2D eigenvalue weighted by atomic mass is 19.1. The number of nitrogens with zero attached hydrogens (tertiary/aromatic N) is 1. The smallest absolute Gasteiger partial charge is 0.243 e. The zero-order chi connectivity index (χ0) is 19.2. The van der Waals surface area contributed by atoms with Crippen LogP contribution in [0, 0.1) is 5.82 Å². The molecule has 7 heteroatoms. The van der Waals surface area contributed by atoms with Crippen molar-refractivity contribution < 1.29 is 23.8 Å². The summed E-state index contributed by atoms with van der Waals surface area (Å²) in [5, 5.41) is 12.4. The summed E-state index contributed by atoms with van der Waals surface area (Å²) in [5.74, 6) is -0.510. The van der Waals surface area contributed by atoms with Crippen LogP contribution in [0.5, 0.6) is 11.5 Å². The lowest BCUT2D eigenvalue weighted by Crippen LogP contribution is -2.34. The zero-order valence-electron chi connectivity index (χ0n) is 15.2. The fourth-order valence-corrected chi connectivity index (χ4v) is 3.18. The number of halogens is 1. The van der Waals surface area contributed by atoms with Crippen molar-refractivity contribution in [1.82, 2.24) is 0 Å². The minimum Gasteiger partial charge on any atom is -0.508 e. The van der Waals surface area contributed by atoms with E-state index in [4.69, 9.17) is 9.47 Å². The maximum absolute atomic E-state index is 14.0. The number of rotatable bonds is 6. The number of hydrogen-bond acceptors (Lipinski definition) is 5. The first-order chi connectivity index (χ1) is 13.1. The second-order valence-electron chi connectivity index (χ2n) is 6.44. The van der Waals surface area contributed by atoms with Crippen molar-refractivity contribution >= 4 is 17.3 Å². The molecule has 0 aliphatic carbocycles. The minimum absolute atomic E-state index is 0.0491. The number of carbonyl (C=O) groups excluding carboxylic acids is 1. The monoisotopic (exact) mass is 374 g/mol. The number of phenolic OH excluding ortho intramolecular Hbond substituents is 1. The third-order valence-corrected chi connectivity index (χ3v) is 4.41. The Labute approximate surface area is 157 Å². The van der Waals surface area contributed by atoms with Gasteiger partial charge in [0.25, 0.3) is 0 Å². The van der Waals surface area contributed by atoms with Gasteiger partial charge in [-0.05, 0) is 55.2 Å². The Kier molecular flexibility index (Phi) is 6.13. The molecule has 6 nitrogen and oxygen atoms in total. The molecule has 0 fully saturated rings. The lowest BCUT2D eigenvalue weighted by molar-refractivity contribution is -0.115. The lowest BCUT2D eigenvalue weighted by Gasteiger charge is -2.24. The predicted molar refractivity (Wildman–Crippen MR) is 101 cm³/mol. The molecule has 1 amide bonds. The largest absolute Gasteiger partial charge is 0.508 e. The van der Waals surface area contributed by atoms with Gasteiger partial charge in [0, 0.05) is 31.1 Å². The number of benzene rings is 2. The first-order valence-electron chi connectivity index (χ1n) is 8.85. The summed E-state index contributed by atoms with van der Waals surface area (Å²) in [5.41, 5.74) is 2.35. The average Bonchev–Trinajstić information content (AvgIpc) is 2.83. The van der Waals surface area contributed by atoms with Crippen LogP contribution in [0.3, 0.4) is 0 Å². The van der Waals surface area contributed by atoms with E-state index < -0.39 is 5.82 Å². The molecule has 2 aromatic carbocycles. The van der Waals surface area contributed by atoms with Gasteiger partial charge in [-0.2, -0.15) is 0 Å². The van der Waals surface area contributed by atoms with Crippen LogP contribution in [0.15, 0.2) is 36.4 Å². The van der Waals surface area contributed by atoms with Crippen LogP contribution in [0.4, 0.5) is 15.8 Å². The van der Waals surface area contributed by atoms with Crippen LogP contribution >= 0.6 is 0 Å². The number of phenols is 1. The second kappa shape index (κ2) is 8.73. The number of amides is 1. The van der Waals surface area contributed by atoms with E-state index in [1.165, 1.54) is 19.2 Å². The number of ether oxygens (including phenoxy) is 2. The fraction of sp³-hybridized carbons (Fsp3) is 0.350. The minimum atomic E-state index is -0.569. The van der Waals surface area contributed by atoms with Gasteiger partial charge in [-0.25, -0.2) is 4.39 Å². The summed E-state index contributed by atoms with van der Waals surface area (Å²) in [7, 11) is 1.45. The Hall–Kier alpha value is -2.80. The van der Waals surface area contributed by atoms with Gasteiger partial charge < -0.3 is 24.8 Å². The van der Waals surface area contributed by atoms with Crippen molar-refractivity contribution in [2.45, 2.75) is 19.3 Å². The van der Waals surface area contributed by atoms with Crippen molar-refractivity contribution in [3.8, 4) is 11.5 Å². The van der Waals surface area contributed by atoms with Crippen LogP contribution in [0.2, 0.25) is 0 Å². The summed E-state index contributed by atoms with van der Waals surface area (Å²) in [6.07, 6.45) is 2.83. The molecule has 0 unspecified atom stereocenters. The van der Waals surface area contributed by atoms with E-state index in [1.54, 1.807) is 18.2 Å². The molecule has 0 aromatic heterocycles. The SMILES string of the molecule is COCOc1ccc(NC(=O)CN2CCCCc3cc(O)ccc32)cc1F. The molecule has 27 heavy (non-hydrogen) atoms. The first kappa shape index (κ1) is 19.0. The normalized spacial score (nSPS) is 13.6. The van der Waals surface area contributed by atoms with Gasteiger partial charge in [0.2, 0.25) is 5.91 Å². The molecule has 0 spiro atoms. The van der Waals surface area contributed by atoms with E-state index in [-0.39, 0.29) is 30.7 Å². The summed E-state index contributed by atoms with van der Waals surface area (Å²) in [6.45, 7) is 0.858. The van der Waals surface area contributed by atoms with Crippen LogP contribution in [0.1, 0.15) is 18.4 Å². The third-order valence-electron chi connectivity index (χ3n) is 4.41. The quantitative estimate of drug-likeness (QED) is 0.759. The summed E-state index contributed by atoms with van der Waals surface area (Å²) < 4.78 is 23.8. The van der Waals surface area contributed by atoms with Crippen molar-refractivity contribution in [3.63, 3.8) is 0 Å². The Morgan fingerprint density at radius 3 is 2.89 bits per heavy atom.